The van der Waals surface area contributed by atoms with Crippen LogP contribution >= 0.6 is 46.7 Å². The first-order valence-corrected chi connectivity index (χ1v) is 9.56. The van der Waals surface area contributed by atoms with Crippen molar-refractivity contribution in [2.75, 3.05) is 13.6 Å². The Morgan fingerprint density at radius 1 is 1.25 bits per heavy atom. The van der Waals surface area contributed by atoms with E-state index in [0.717, 1.165) is 36.0 Å². The van der Waals surface area contributed by atoms with Gasteiger partial charge in [0.15, 0.2) is 5.96 Å². The summed E-state index contributed by atoms with van der Waals surface area (Å²) < 4.78 is 0. The number of hydrogen-bond acceptors (Lipinski definition) is 4. The van der Waals surface area contributed by atoms with Crippen LogP contribution in [0.1, 0.15) is 32.3 Å². The second-order valence-electron chi connectivity index (χ2n) is 5.75. The average Bonchev–Trinajstić information content (AvgIpc) is 3.03. The Balaban J connectivity index is 0.00000288. The summed E-state index contributed by atoms with van der Waals surface area (Å²) in [6, 6.07) is 4.74. The fourth-order valence-corrected chi connectivity index (χ4v) is 4.43. The van der Waals surface area contributed by atoms with Crippen LogP contribution in [0, 0.1) is 20.8 Å². The maximum absolute atomic E-state index is 4.47. The molecule has 0 aromatic carbocycles. The normalized spacial score (nSPS) is 12.6. The monoisotopic (exact) mass is 478 g/mol. The number of thiazole rings is 1. The second-order valence-corrected chi connectivity index (χ2v) is 8.41. The van der Waals surface area contributed by atoms with Gasteiger partial charge in [0, 0.05) is 47.1 Å². The summed E-state index contributed by atoms with van der Waals surface area (Å²) in [6.45, 7) is 9.35. The van der Waals surface area contributed by atoms with Crippen LogP contribution in [0.5, 0.6) is 0 Å². The van der Waals surface area contributed by atoms with Gasteiger partial charge < -0.3 is 10.6 Å². The zero-order valence-electron chi connectivity index (χ0n) is 15.0. The van der Waals surface area contributed by atoms with Gasteiger partial charge in [0.2, 0.25) is 0 Å². The van der Waals surface area contributed by atoms with Crippen LogP contribution in [0.4, 0.5) is 0 Å². The zero-order chi connectivity index (χ0) is 16.8. The predicted molar refractivity (Wildman–Crippen MR) is 117 cm³/mol. The average molecular weight is 478 g/mol. The molecule has 0 saturated carbocycles. The molecule has 4 nitrogen and oxygen atoms in total. The Morgan fingerprint density at radius 2 is 2.00 bits per heavy atom. The lowest BCUT2D eigenvalue weighted by Crippen LogP contribution is -2.43. The van der Waals surface area contributed by atoms with Gasteiger partial charge in [-0.25, -0.2) is 4.98 Å². The Bertz CT molecular complexity index is 663. The third kappa shape index (κ3) is 6.68. The Hall–Kier alpha value is -0.670. The molecule has 2 N–H and O–H groups in total. The van der Waals surface area contributed by atoms with Crippen molar-refractivity contribution < 1.29 is 0 Å². The second kappa shape index (κ2) is 10.4. The Labute approximate surface area is 170 Å². The number of rotatable bonds is 6. The number of guanidine groups is 1. The van der Waals surface area contributed by atoms with E-state index in [1.54, 1.807) is 11.3 Å². The lowest BCUT2D eigenvalue weighted by atomic mass is 10.2. The van der Waals surface area contributed by atoms with Gasteiger partial charge in [0.05, 0.1) is 10.7 Å². The number of hydrogen-bond donors (Lipinski definition) is 2. The molecule has 2 aromatic heterocycles. The molecule has 0 aliphatic heterocycles. The third-order valence-corrected chi connectivity index (χ3v) is 5.71. The maximum Gasteiger partial charge on any atom is 0.191 e. The van der Waals surface area contributed by atoms with Crippen molar-refractivity contribution in [1.29, 1.82) is 0 Å². The Kier molecular flexibility index (Phi) is 9.22. The first-order chi connectivity index (χ1) is 11.0. The molecule has 0 aliphatic rings. The van der Waals surface area contributed by atoms with Crippen molar-refractivity contribution >= 4 is 52.6 Å². The molecule has 0 radical (unpaired) electrons. The van der Waals surface area contributed by atoms with Crippen molar-refractivity contribution in [3.05, 3.63) is 37.5 Å². The van der Waals surface area contributed by atoms with Crippen LogP contribution in [0.3, 0.4) is 0 Å². The molecule has 0 spiro atoms. The standard InChI is InChI=1S/C17H26N4S2.HI/c1-11(10-15-7-6-12(2)22-15)20-17(18-5)19-9-8-16-13(3)21-14(4)23-16;/h6-7,11H,8-10H2,1-5H3,(H2,18,19,20);1H. The predicted octanol–water partition coefficient (Wildman–Crippen LogP) is 4.09. The largest absolute Gasteiger partial charge is 0.356 e. The summed E-state index contributed by atoms with van der Waals surface area (Å²) in [4.78, 5) is 12.9. The summed E-state index contributed by atoms with van der Waals surface area (Å²) in [6.07, 6.45) is 2.00. The summed E-state index contributed by atoms with van der Waals surface area (Å²) in [5.41, 5.74) is 1.15. The molecular formula is C17H27IN4S2. The number of aliphatic imine (C=N–C) groups is 1. The molecule has 2 aromatic rings. The molecule has 0 bridgehead atoms. The van der Waals surface area contributed by atoms with E-state index in [0.29, 0.717) is 6.04 Å². The number of thiophene rings is 1. The molecule has 1 unspecified atom stereocenters. The summed E-state index contributed by atoms with van der Waals surface area (Å²) in [5, 5.41) is 8.00. The van der Waals surface area contributed by atoms with Gasteiger partial charge in [-0.15, -0.1) is 46.7 Å². The minimum absolute atomic E-state index is 0. The highest BCUT2D eigenvalue weighted by atomic mass is 127. The van der Waals surface area contributed by atoms with E-state index >= 15 is 0 Å². The minimum atomic E-state index is 0. The number of nitrogens with zero attached hydrogens (tertiary/aromatic N) is 2. The van der Waals surface area contributed by atoms with Gasteiger partial charge in [0.25, 0.3) is 0 Å². The van der Waals surface area contributed by atoms with Crippen LogP contribution in [0.25, 0.3) is 0 Å². The molecule has 0 aliphatic carbocycles. The quantitative estimate of drug-likeness (QED) is 0.374. The molecule has 1 atom stereocenters. The molecular weight excluding hydrogens is 451 g/mol. The fraction of sp³-hybridized carbons (Fsp3) is 0.529. The molecule has 2 rings (SSSR count). The summed E-state index contributed by atoms with van der Waals surface area (Å²) in [7, 11) is 1.82. The highest BCUT2D eigenvalue weighted by Crippen LogP contribution is 2.17. The van der Waals surface area contributed by atoms with Gasteiger partial charge in [0.1, 0.15) is 0 Å². The van der Waals surface area contributed by atoms with Crippen molar-refractivity contribution in [1.82, 2.24) is 15.6 Å². The van der Waals surface area contributed by atoms with Crippen molar-refractivity contribution in [3.63, 3.8) is 0 Å². The topological polar surface area (TPSA) is 49.3 Å². The van der Waals surface area contributed by atoms with Crippen LogP contribution in [0.15, 0.2) is 17.1 Å². The van der Waals surface area contributed by atoms with Crippen LogP contribution in [0.2, 0.25) is 0 Å². The van der Waals surface area contributed by atoms with Crippen LogP contribution in [-0.2, 0) is 12.8 Å². The lowest BCUT2D eigenvalue weighted by molar-refractivity contribution is 0.645. The maximum atomic E-state index is 4.47. The fourth-order valence-electron chi connectivity index (χ4n) is 2.48. The first-order valence-electron chi connectivity index (χ1n) is 7.93. The van der Waals surface area contributed by atoms with E-state index in [4.69, 9.17) is 0 Å². The first kappa shape index (κ1) is 21.4. The molecule has 134 valence electrons. The van der Waals surface area contributed by atoms with Crippen molar-refractivity contribution in [2.24, 2.45) is 4.99 Å². The summed E-state index contributed by atoms with van der Waals surface area (Å²) >= 11 is 3.65. The van der Waals surface area contributed by atoms with Crippen LogP contribution in [-0.4, -0.2) is 30.6 Å². The highest BCUT2D eigenvalue weighted by Gasteiger charge is 2.09. The molecule has 0 saturated heterocycles. The number of nitrogens with one attached hydrogen (secondary N) is 2. The van der Waals surface area contributed by atoms with Crippen LogP contribution < -0.4 is 10.6 Å². The van der Waals surface area contributed by atoms with Crippen molar-refractivity contribution in [3.8, 4) is 0 Å². The lowest BCUT2D eigenvalue weighted by Gasteiger charge is -2.17. The van der Waals surface area contributed by atoms with Gasteiger partial charge in [-0.3, -0.25) is 4.99 Å². The SMILES string of the molecule is CN=C(NCCc1sc(C)nc1C)NC(C)Cc1ccc(C)s1.I. The van der Waals surface area contributed by atoms with Gasteiger partial charge in [-0.2, -0.15) is 0 Å². The van der Waals surface area contributed by atoms with E-state index in [1.165, 1.54) is 14.6 Å². The van der Waals surface area contributed by atoms with Gasteiger partial charge in [-0.05, 0) is 39.8 Å². The molecule has 24 heavy (non-hydrogen) atoms. The van der Waals surface area contributed by atoms with Crippen molar-refractivity contribution in [2.45, 2.75) is 46.6 Å². The number of aryl methyl sites for hydroxylation is 3. The van der Waals surface area contributed by atoms with Gasteiger partial charge in [-0.1, -0.05) is 0 Å². The summed E-state index contributed by atoms with van der Waals surface area (Å²) in [5.74, 6) is 0.865. The van der Waals surface area contributed by atoms with E-state index < -0.39 is 0 Å². The van der Waals surface area contributed by atoms with E-state index in [2.05, 4.69) is 60.4 Å². The Morgan fingerprint density at radius 3 is 2.54 bits per heavy atom. The smallest absolute Gasteiger partial charge is 0.191 e. The van der Waals surface area contributed by atoms with E-state index in [-0.39, 0.29) is 24.0 Å². The molecule has 0 amide bonds. The molecule has 2 heterocycles. The van der Waals surface area contributed by atoms with Gasteiger partial charge >= 0.3 is 0 Å². The number of halogens is 1. The third-order valence-electron chi connectivity index (χ3n) is 3.55. The minimum Gasteiger partial charge on any atom is -0.356 e. The highest BCUT2D eigenvalue weighted by molar-refractivity contribution is 14.0. The van der Waals surface area contributed by atoms with E-state index in [9.17, 15) is 0 Å². The molecule has 7 heteroatoms. The number of aromatic nitrogens is 1. The molecule has 0 fully saturated rings. The van der Waals surface area contributed by atoms with E-state index in [1.807, 2.05) is 18.4 Å². The zero-order valence-corrected chi connectivity index (χ0v) is 18.9.